The zero-order valence-electron chi connectivity index (χ0n) is 16.8. The first kappa shape index (κ1) is 24.9. The van der Waals surface area contributed by atoms with Gasteiger partial charge in [-0.15, -0.1) is 0 Å². The molecule has 0 fully saturated rings. The third-order valence-corrected chi connectivity index (χ3v) is 7.38. The van der Waals surface area contributed by atoms with Crippen molar-refractivity contribution in [3.05, 3.63) is 28.2 Å². The zero-order valence-corrected chi connectivity index (χ0v) is 19.3. The van der Waals surface area contributed by atoms with Gasteiger partial charge in [-0.2, -0.15) is 0 Å². The molecule has 160 valence electrons. The van der Waals surface area contributed by atoms with Gasteiger partial charge in [-0.3, -0.25) is 4.57 Å². The fourth-order valence-corrected chi connectivity index (χ4v) is 5.62. The molecule has 1 aromatic rings. The van der Waals surface area contributed by atoms with E-state index in [9.17, 15) is 9.36 Å². The van der Waals surface area contributed by atoms with E-state index < -0.39 is 24.8 Å². The summed E-state index contributed by atoms with van der Waals surface area (Å²) in [6.07, 6.45) is -1.20. The Morgan fingerprint density at radius 3 is 2.04 bits per heavy atom. The summed E-state index contributed by atoms with van der Waals surface area (Å²) >= 11 is 3.39. The normalized spacial score (nSPS) is 14.4. The molecule has 1 aromatic carbocycles. The number of primary amides is 1. The predicted molar refractivity (Wildman–Crippen MR) is 106 cm³/mol. The van der Waals surface area contributed by atoms with Gasteiger partial charge in [0.25, 0.3) is 5.34 Å². The maximum atomic E-state index is 13.7. The first-order chi connectivity index (χ1) is 13.1. The van der Waals surface area contributed by atoms with E-state index in [0.717, 1.165) is 0 Å². The molecule has 11 heteroatoms. The van der Waals surface area contributed by atoms with Gasteiger partial charge in [0.15, 0.2) is 0 Å². The largest absolute Gasteiger partial charge is 0.496 e. The molecule has 1 unspecified atom stereocenters. The number of hydrogen-bond donors (Lipinski definition) is 1. The molecule has 0 saturated carbocycles. The fourth-order valence-electron chi connectivity index (χ4n) is 2.96. The van der Waals surface area contributed by atoms with E-state index in [4.69, 9.17) is 33.7 Å². The van der Waals surface area contributed by atoms with Gasteiger partial charge in [-0.25, -0.2) is 4.79 Å². The molecule has 0 heterocycles. The average molecular weight is 484 g/mol. The number of methoxy groups -OCH3 is 3. The highest BCUT2D eigenvalue weighted by molar-refractivity contribution is 9.10. The second-order valence-electron chi connectivity index (χ2n) is 5.61. The average Bonchev–Trinajstić information content (AvgIpc) is 2.63. The smallest absolute Gasteiger partial charge is 0.405 e. The van der Waals surface area contributed by atoms with Crippen molar-refractivity contribution in [2.75, 3.05) is 34.5 Å². The van der Waals surface area contributed by atoms with Crippen LogP contribution >= 0.6 is 23.5 Å². The Morgan fingerprint density at radius 1 is 1.14 bits per heavy atom. The predicted octanol–water partition coefficient (Wildman–Crippen LogP) is 3.98. The molecule has 28 heavy (non-hydrogen) atoms. The van der Waals surface area contributed by atoms with Crippen LogP contribution in [0.4, 0.5) is 4.79 Å². The Labute approximate surface area is 173 Å². The SMILES string of the molecule is CCOP(=O)(OCC)C(C)(OC(N)=O)C(OC)(OC)c1ccc(OC)c(Br)c1. The lowest BCUT2D eigenvalue weighted by Gasteiger charge is -2.46. The first-order valence-corrected chi connectivity index (χ1v) is 10.8. The molecule has 0 bridgehead atoms. The van der Waals surface area contributed by atoms with Gasteiger partial charge >= 0.3 is 13.7 Å². The van der Waals surface area contributed by atoms with Crippen LogP contribution < -0.4 is 10.5 Å². The van der Waals surface area contributed by atoms with Crippen LogP contribution in [0.5, 0.6) is 5.75 Å². The molecule has 9 nitrogen and oxygen atoms in total. The Morgan fingerprint density at radius 2 is 1.68 bits per heavy atom. The lowest BCUT2D eigenvalue weighted by molar-refractivity contribution is -0.283. The Kier molecular flexibility index (Phi) is 8.92. The molecule has 0 aliphatic heterocycles. The van der Waals surface area contributed by atoms with Crippen LogP contribution in [-0.4, -0.2) is 46.0 Å². The third kappa shape index (κ3) is 4.37. The maximum absolute atomic E-state index is 13.7. The molecule has 0 aliphatic carbocycles. The van der Waals surface area contributed by atoms with Gasteiger partial charge in [0.05, 0.1) is 24.8 Å². The van der Waals surface area contributed by atoms with Crippen molar-refractivity contribution in [3.63, 3.8) is 0 Å². The van der Waals surface area contributed by atoms with E-state index in [-0.39, 0.29) is 13.2 Å². The second kappa shape index (κ2) is 10.0. The summed E-state index contributed by atoms with van der Waals surface area (Å²) in [5, 5.41) is -2.09. The van der Waals surface area contributed by atoms with Crippen LogP contribution in [0, 0.1) is 0 Å². The number of ether oxygens (including phenoxy) is 4. The second-order valence-corrected chi connectivity index (χ2v) is 8.83. The van der Waals surface area contributed by atoms with E-state index in [1.807, 2.05) is 0 Å². The number of nitrogens with two attached hydrogens (primary N) is 1. The zero-order chi connectivity index (χ0) is 21.6. The quantitative estimate of drug-likeness (QED) is 0.371. The molecule has 0 aliphatic rings. The number of amides is 1. The van der Waals surface area contributed by atoms with Gasteiger partial charge in [0.1, 0.15) is 5.75 Å². The van der Waals surface area contributed by atoms with Gasteiger partial charge in [-0.1, -0.05) is 0 Å². The molecule has 0 radical (unpaired) electrons. The Hall–Kier alpha value is -1.16. The molecule has 0 saturated heterocycles. The number of halogens is 1. The number of benzene rings is 1. The summed E-state index contributed by atoms with van der Waals surface area (Å²) < 4.78 is 47.1. The molecule has 2 N–H and O–H groups in total. The van der Waals surface area contributed by atoms with Gasteiger partial charge in [0, 0.05) is 19.8 Å². The lowest BCUT2D eigenvalue weighted by atomic mass is 9.99. The van der Waals surface area contributed by atoms with Crippen LogP contribution in [0.3, 0.4) is 0 Å². The highest BCUT2D eigenvalue weighted by atomic mass is 79.9. The monoisotopic (exact) mass is 483 g/mol. The Balaban J connectivity index is 3.83. The standard InChI is InChI=1S/C17H27BrNO8P/c1-7-25-28(21,26-8-2)16(3,27-15(19)20)17(23-5,24-6)12-9-10-14(22-4)13(18)11-12/h9-11H,7-8H2,1-6H3,(H2,19,20). The molecule has 1 amide bonds. The van der Waals surface area contributed by atoms with Crippen molar-refractivity contribution in [1.82, 2.24) is 0 Å². The minimum atomic E-state index is -4.17. The molecular weight excluding hydrogens is 457 g/mol. The first-order valence-electron chi connectivity index (χ1n) is 8.43. The van der Waals surface area contributed by atoms with Crippen molar-refractivity contribution < 1.29 is 37.4 Å². The molecular formula is C17H27BrNO8P. The summed E-state index contributed by atoms with van der Waals surface area (Å²) in [6.45, 7) is 4.62. The summed E-state index contributed by atoms with van der Waals surface area (Å²) in [5.74, 6) is -1.35. The molecule has 1 rings (SSSR count). The number of carbonyl (C=O) groups excluding carboxylic acids is 1. The number of carbonyl (C=O) groups is 1. The van der Waals surface area contributed by atoms with E-state index in [1.54, 1.807) is 32.0 Å². The fraction of sp³-hybridized carbons (Fsp3) is 0.588. The summed E-state index contributed by atoms with van der Waals surface area (Å²) in [5.41, 5.74) is 5.65. The topological polar surface area (TPSA) is 116 Å². The van der Waals surface area contributed by atoms with E-state index in [2.05, 4.69) is 15.9 Å². The van der Waals surface area contributed by atoms with Gasteiger partial charge in [-0.05, 0) is 54.9 Å². The minimum absolute atomic E-state index is 0.0187. The maximum Gasteiger partial charge on any atom is 0.405 e. The molecule has 1 atom stereocenters. The summed E-state index contributed by atoms with van der Waals surface area (Å²) in [6, 6.07) is 4.88. The van der Waals surface area contributed by atoms with Crippen molar-refractivity contribution in [2.45, 2.75) is 31.9 Å². The van der Waals surface area contributed by atoms with Crippen LogP contribution in [0.25, 0.3) is 0 Å². The van der Waals surface area contributed by atoms with Crippen molar-refractivity contribution in [1.29, 1.82) is 0 Å². The van der Waals surface area contributed by atoms with Crippen LogP contribution in [0.1, 0.15) is 26.3 Å². The lowest BCUT2D eigenvalue weighted by Crippen LogP contribution is -2.56. The van der Waals surface area contributed by atoms with Crippen molar-refractivity contribution >= 4 is 29.6 Å². The number of hydrogen-bond acceptors (Lipinski definition) is 8. The van der Waals surface area contributed by atoms with Gasteiger partial charge in [0.2, 0.25) is 5.79 Å². The third-order valence-electron chi connectivity index (χ3n) is 4.14. The van der Waals surface area contributed by atoms with E-state index in [0.29, 0.717) is 15.8 Å². The van der Waals surface area contributed by atoms with E-state index in [1.165, 1.54) is 28.3 Å². The molecule has 0 spiro atoms. The number of rotatable bonds is 11. The highest BCUT2D eigenvalue weighted by Crippen LogP contribution is 2.67. The highest BCUT2D eigenvalue weighted by Gasteiger charge is 2.67. The van der Waals surface area contributed by atoms with Gasteiger partial charge < -0.3 is 33.7 Å². The molecule has 0 aromatic heterocycles. The summed E-state index contributed by atoms with van der Waals surface area (Å²) in [4.78, 5) is 11.8. The van der Waals surface area contributed by atoms with Crippen molar-refractivity contribution in [3.8, 4) is 5.75 Å². The van der Waals surface area contributed by atoms with Crippen LogP contribution in [0.15, 0.2) is 22.7 Å². The van der Waals surface area contributed by atoms with Crippen LogP contribution in [-0.2, 0) is 33.6 Å². The summed E-state index contributed by atoms with van der Waals surface area (Å²) in [7, 11) is -0.0326. The Bertz CT molecular complexity index is 717. The van der Waals surface area contributed by atoms with E-state index >= 15 is 0 Å². The van der Waals surface area contributed by atoms with Crippen LogP contribution in [0.2, 0.25) is 0 Å². The van der Waals surface area contributed by atoms with Crippen molar-refractivity contribution in [2.24, 2.45) is 5.73 Å². The minimum Gasteiger partial charge on any atom is -0.496 e.